The average Bonchev–Trinajstić information content (AvgIpc) is 2.95. The van der Waals surface area contributed by atoms with Crippen LogP contribution in [0.15, 0.2) is 30.3 Å². The molecule has 0 bridgehead atoms. The number of nitrogens with one attached hydrogen (secondary N) is 1. The summed E-state index contributed by atoms with van der Waals surface area (Å²) in [6.07, 6.45) is 1.04. The van der Waals surface area contributed by atoms with Gasteiger partial charge in [-0.15, -0.1) is 0 Å². The molecule has 0 radical (unpaired) electrons. The number of amides is 3. The molecule has 1 aliphatic heterocycles. The van der Waals surface area contributed by atoms with Crippen molar-refractivity contribution in [3.8, 4) is 11.5 Å². The second-order valence-corrected chi connectivity index (χ2v) is 10.0. The number of sulfone groups is 1. The standard InChI is InChI=1S/C22H25BN2O7S/c1-5-32-19-8-13(6-7-18(19)31-3)17(11-33(4,29)30)25-21(27)15-9-14(23)10-16(24-12(2)26)20(15)22(25)28/h6-10,17H,5,11,23H2,1-4H3,(H,24,26). The Balaban J connectivity index is 2.16. The number of rotatable bonds is 8. The van der Waals surface area contributed by atoms with Crippen molar-refractivity contribution in [3.05, 3.63) is 47.0 Å². The van der Waals surface area contributed by atoms with Crippen molar-refractivity contribution >= 4 is 46.6 Å². The van der Waals surface area contributed by atoms with Crippen molar-refractivity contribution < 1.29 is 32.3 Å². The Morgan fingerprint density at radius 1 is 1.15 bits per heavy atom. The minimum absolute atomic E-state index is 0.0397. The SMILES string of the molecule is Bc1cc(NC(C)=O)c2c(c1)C(=O)N(C(CS(C)(=O)=O)c1ccc(OC)c(OCC)c1)C2=O. The third-order valence-electron chi connectivity index (χ3n) is 5.12. The van der Waals surface area contributed by atoms with E-state index in [2.05, 4.69) is 5.32 Å². The van der Waals surface area contributed by atoms with Crippen molar-refractivity contribution in [1.29, 1.82) is 0 Å². The van der Waals surface area contributed by atoms with Gasteiger partial charge in [-0.25, -0.2) is 8.42 Å². The van der Waals surface area contributed by atoms with Crippen LogP contribution in [0.1, 0.15) is 46.2 Å². The Morgan fingerprint density at radius 3 is 2.42 bits per heavy atom. The molecular weight excluding hydrogens is 447 g/mol. The molecule has 0 saturated carbocycles. The van der Waals surface area contributed by atoms with Crippen molar-refractivity contribution in [3.63, 3.8) is 0 Å². The zero-order valence-corrected chi connectivity index (χ0v) is 19.9. The molecule has 11 heteroatoms. The highest BCUT2D eigenvalue weighted by Crippen LogP contribution is 2.38. The fourth-order valence-corrected chi connectivity index (χ4v) is 4.79. The van der Waals surface area contributed by atoms with E-state index in [1.165, 1.54) is 14.0 Å². The fraction of sp³-hybridized carbons (Fsp3) is 0.318. The van der Waals surface area contributed by atoms with Gasteiger partial charge in [-0.3, -0.25) is 19.3 Å². The smallest absolute Gasteiger partial charge is 0.264 e. The Morgan fingerprint density at radius 2 is 1.85 bits per heavy atom. The van der Waals surface area contributed by atoms with Gasteiger partial charge in [0.2, 0.25) is 5.91 Å². The first-order valence-electron chi connectivity index (χ1n) is 10.2. The van der Waals surface area contributed by atoms with Crippen LogP contribution in [0.25, 0.3) is 0 Å². The van der Waals surface area contributed by atoms with Gasteiger partial charge in [0.1, 0.15) is 17.7 Å². The number of anilines is 1. The number of imide groups is 1. The Kier molecular flexibility index (Phi) is 6.82. The lowest BCUT2D eigenvalue weighted by Gasteiger charge is -2.27. The number of hydrogen-bond acceptors (Lipinski definition) is 7. The summed E-state index contributed by atoms with van der Waals surface area (Å²) in [6, 6.07) is 6.81. The van der Waals surface area contributed by atoms with Crippen LogP contribution in [0.5, 0.6) is 11.5 Å². The number of hydrogen-bond donors (Lipinski definition) is 1. The molecule has 3 rings (SSSR count). The number of nitrogens with zero attached hydrogens (tertiary/aromatic N) is 1. The minimum Gasteiger partial charge on any atom is -0.493 e. The quantitative estimate of drug-likeness (QED) is 0.444. The van der Waals surface area contributed by atoms with Crippen LogP contribution in [0.3, 0.4) is 0 Å². The van der Waals surface area contributed by atoms with Gasteiger partial charge in [0, 0.05) is 13.2 Å². The number of methoxy groups -OCH3 is 1. The summed E-state index contributed by atoms with van der Waals surface area (Å²) < 4.78 is 35.5. The molecular formula is C22H25BN2O7S. The first-order chi connectivity index (χ1) is 15.5. The summed E-state index contributed by atoms with van der Waals surface area (Å²) in [6.45, 7) is 3.42. The van der Waals surface area contributed by atoms with E-state index in [1.807, 2.05) is 0 Å². The predicted octanol–water partition coefficient (Wildman–Crippen LogP) is 0.693. The average molecular weight is 472 g/mol. The van der Waals surface area contributed by atoms with E-state index >= 15 is 0 Å². The maximum Gasteiger partial charge on any atom is 0.264 e. The predicted molar refractivity (Wildman–Crippen MR) is 126 cm³/mol. The summed E-state index contributed by atoms with van der Waals surface area (Å²) >= 11 is 0. The molecule has 3 amide bonds. The third-order valence-corrected chi connectivity index (χ3v) is 6.04. The van der Waals surface area contributed by atoms with E-state index < -0.39 is 39.4 Å². The molecule has 1 atom stereocenters. The minimum atomic E-state index is -3.61. The molecule has 1 aliphatic rings. The number of carbonyl (C=O) groups is 3. The van der Waals surface area contributed by atoms with Gasteiger partial charge in [0.05, 0.1) is 42.3 Å². The van der Waals surface area contributed by atoms with Crippen LogP contribution in [-0.4, -0.2) is 64.6 Å². The molecule has 2 aromatic carbocycles. The molecule has 0 spiro atoms. The van der Waals surface area contributed by atoms with Gasteiger partial charge in [-0.1, -0.05) is 17.6 Å². The van der Waals surface area contributed by atoms with E-state index in [0.29, 0.717) is 29.1 Å². The van der Waals surface area contributed by atoms with E-state index in [1.54, 1.807) is 45.1 Å². The lowest BCUT2D eigenvalue weighted by atomic mass is 9.91. The summed E-state index contributed by atoms with van der Waals surface area (Å²) in [7, 11) is -0.401. The van der Waals surface area contributed by atoms with Crippen LogP contribution in [0.4, 0.5) is 5.69 Å². The Hall–Kier alpha value is -3.34. The molecule has 9 nitrogen and oxygen atoms in total. The van der Waals surface area contributed by atoms with Crippen molar-refractivity contribution in [2.75, 3.05) is 31.0 Å². The molecule has 174 valence electrons. The van der Waals surface area contributed by atoms with Gasteiger partial charge in [0.25, 0.3) is 11.8 Å². The second kappa shape index (κ2) is 9.26. The Labute approximate surface area is 193 Å². The first-order valence-corrected chi connectivity index (χ1v) is 12.3. The molecule has 0 aliphatic carbocycles. The molecule has 1 N–H and O–H groups in total. The van der Waals surface area contributed by atoms with E-state index in [9.17, 15) is 22.8 Å². The molecule has 0 fully saturated rings. The van der Waals surface area contributed by atoms with Gasteiger partial charge >= 0.3 is 0 Å². The zero-order chi connectivity index (χ0) is 24.5. The lowest BCUT2D eigenvalue weighted by molar-refractivity contribution is -0.114. The molecule has 2 aromatic rings. The van der Waals surface area contributed by atoms with Crippen molar-refractivity contribution in [2.24, 2.45) is 0 Å². The van der Waals surface area contributed by atoms with Gasteiger partial charge < -0.3 is 14.8 Å². The monoisotopic (exact) mass is 472 g/mol. The highest BCUT2D eigenvalue weighted by molar-refractivity contribution is 7.90. The largest absolute Gasteiger partial charge is 0.493 e. The molecule has 0 saturated heterocycles. The zero-order valence-electron chi connectivity index (χ0n) is 19.1. The Bertz CT molecular complexity index is 1240. The van der Waals surface area contributed by atoms with Crippen molar-refractivity contribution in [1.82, 2.24) is 4.90 Å². The first kappa shape index (κ1) is 24.3. The van der Waals surface area contributed by atoms with E-state index in [0.717, 1.165) is 11.2 Å². The second-order valence-electron chi connectivity index (χ2n) is 7.85. The highest BCUT2D eigenvalue weighted by atomic mass is 32.2. The number of benzene rings is 2. The summed E-state index contributed by atoms with van der Waals surface area (Å²) in [5, 5.41) is 2.59. The van der Waals surface area contributed by atoms with Crippen LogP contribution >= 0.6 is 0 Å². The third kappa shape index (κ3) is 5.03. The molecule has 1 heterocycles. The van der Waals surface area contributed by atoms with Gasteiger partial charge in [0.15, 0.2) is 11.5 Å². The topological polar surface area (TPSA) is 119 Å². The van der Waals surface area contributed by atoms with Crippen LogP contribution in [0.2, 0.25) is 0 Å². The molecule has 1 unspecified atom stereocenters. The summed E-state index contributed by atoms with van der Waals surface area (Å²) in [5.41, 5.74) is 1.43. The summed E-state index contributed by atoms with van der Waals surface area (Å²) in [5.74, 6) is -1.39. The van der Waals surface area contributed by atoms with E-state index in [-0.39, 0.29) is 16.8 Å². The van der Waals surface area contributed by atoms with E-state index in [4.69, 9.17) is 9.47 Å². The maximum atomic E-state index is 13.5. The van der Waals surface area contributed by atoms with Crippen LogP contribution in [0, 0.1) is 0 Å². The maximum absolute atomic E-state index is 13.5. The molecule has 0 aromatic heterocycles. The molecule has 33 heavy (non-hydrogen) atoms. The number of carbonyl (C=O) groups excluding carboxylic acids is 3. The van der Waals surface area contributed by atoms with Gasteiger partial charge in [-0.2, -0.15) is 0 Å². The number of fused-ring (bicyclic) bond motifs is 1. The lowest BCUT2D eigenvalue weighted by Crippen LogP contribution is -2.37. The van der Waals surface area contributed by atoms with Crippen molar-refractivity contribution in [2.45, 2.75) is 19.9 Å². The normalized spacial score (nSPS) is 14.1. The van der Waals surface area contributed by atoms with Gasteiger partial charge in [-0.05, 0) is 30.7 Å². The highest BCUT2D eigenvalue weighted by Gasteiger charge is 2.43. The van der Waals surface area contributed by atoms with Crippen LogP contribution in [-0.2, 0) is 14.6 Å². The summed E-state index contributed by atoms with van der Waals surface area (Å²) in [4.78, 5) is 39.4. The number of ether oxygens (including phenoxy) is 2. The van der Waals surface area contributed by atoms with Crippen LogP contribution < -0.4 is 20.3 Å². The fourth-order valence-electron chi connectivity index (χ4n) is 3.87.